The molecule has 0 aromatic carbocycles. The molecule has 0 N–H and O–H groups in total. The Balaban J connectivity index is 4.49. The zero-order chi connectivity index (χ0) is 46.5. The Morgan fingerprint density at radius 1 is 0.328 bits per heavy atom. The molecule has 1 unspecified atom stereocenters. The van der Waals surface area contributed by atoms with Gasteiger partial charge in [0.15, 0.2) is 6.10 Å². The Morgan fingerprint density at radius 3 is 1.02 bits per heavy atom. The summed E-state index contributed by atoms with van der Waals surface area (Å²) in [7, 11) is 0. The fourth-order valence-corrected chi connectivity index (χ4v) is 6.98. The van der Waals surface area contributed by atoms with Crippen molar-refractivity contribution in [2.24, 2.45) is 0 Å². The molecule has 0 bridgehead atoms. The third-order valence-corrected chi connectivity index (χ3v) is 10.9. The van der Waals surface area contributed by atoms with Crippen molar-refractivity contribution in [3.05, 3.63) is 97.2 Å². The molecule has 0 aliphatic rings. The smallest absolute Gasteiger partial charge is 0.306 e. The van der Waals surface area contributed by atoms with Crippen LogP contribution in [0.1, 0.15) is 233 Å². The van der Waals surface area contributed by atoms with Gasteiger partial charge in [0.2, 0.25) is 0 Å². The van der Waals surface area contributed by atoms with Crippen molar-refractivity contribution < 1.29 is 28.6 Å². The van der Waals surface area contributed by atoms with Crippen LogP contribution in [0.25, 0.3) is 0 Å². The molecule has 6 nitrogen and oxygen atoms in total. The largest absolute Gasteiger partial charge is 0.462 e. The lowest BCUT2D eigenvalue weighted by atomic mass is 10.1. The van der Waals surface area contributed by atoms with Crippen LogP contribution < -0.4 is 0 Å². The third kappa shape index (κ3) is 49.3. The number of hydrogen-bond acceptors (Lipinski definition) is 6. The fraction of sp³-hybridized carbons (Fsp3) is 0.672. The number of rotatable bonds is 46. The number of unbranched alkanes of at least 4 members (excludes halogenated alkanes) is 24. The van der Waals surface area contributed by atoms with Gasteiger partial charge in [0, 0.05) is 19.3 Å². The van der Waals surface area contributed by atoms with E-state index in [4.69, 9.17) is 14.2 Å². The van der Waals surface area contributed by atoms with E-state index in [2.05, 4.69) is 93.7 Å². The Bertz CT molecular complexity index is 1300. The molecule has 0 saturated carbocycles. The van der Waals surface area contributed by atoms with Gasteiger partial charge < -0.3 is 14.2 Å². The quantitative estimate of drug-likeness (QED) is 0.0199. The predicted octanol–water partition coefficient (Wildman–Crippen LogP) is 17.4. The van der Waals surface area contributed by atoms with Gasteiger partial charge in [-0.15, -0.1) is 0 Å². The molecule has 1 atom stereocenters. The van der Waals surface area contributed by atoms with Gasteiger partial charge in [0.05, 0.1) is 0 Å². The van der Waals surface area contributed by atoms with Crippen molar-refractivity contribution in [1.29, 1.82) is 0 Å². The minimum atomic E-state index is -0.805. The first-order valence-corrected chi connectivity index (χ1v) is 26.3. The summed E-state index contributed by atoms with van der Waals surface area (Å²) < 4.78 is 16.8. The van der Waals surface area contributed by atoms with Gasteiger partial charge in [-0.2, -0.15) is 0 Å². The second-order valence-electron chi connectivity index (χ2n) is 17.2. The minimum Gasteiger partial charge on any atom is -0.462 e. The van der Waals surface area contributed by atoms with Crippen LogP contribution in [0.3, 0.4) is 0 Å². The number of carbonyl (C=O) groups is 3. The summed E-state index contributed by atoms with van der Waals surface area (Å²) >= 11 is 0. The molecule has 64 heavy (non-hydrogen) atoms. The van der Waals surface area contributed by atoms with E-state index in [-0.39, 0.29) is 31.1 Å². The van der Waals surface area contributed by atoms with E-state index in [1.165, 1.54) is 70.6 Å². The summed E-state index contributed by atoms with van der Waals surface area (Å²) in [6.45, 7) is 6.42. The van der Waals surface area contributed by atoms with Crippen molar-refractivity contribution in [1.82, 2.24) is 0 Å². The van der Waals surface area contributed by atoms with E-state index in [1.807, 2.05) is 24.3 Å². The number of hydrogen-bond donors (Lipinski definition) is 0. The van der Waals surface area contributed by atoms with E-state index < -0.39 is 6.10 Å². The van der Waals surface area contributed by atoms with Crippen LogP contribution in [0.2, 0.25) is 0 Å². The zero-order valence-corrected chi connectivity index (χ0v) is 41.5. The normalized spacial score (nSPS) is 12.9. The lowest BCUT2D eigenvalue weighted by Gasteiger charge is -2.18. The van der Waals surface area contributed by atoms with Gasteiger partial charge in [-0.1, -0.05) is 221 Å². The highest BCUT2D eigenvalue weighted by atomic mass is 16.6. The van der Waals surface area contributed by atoms with Crippen molar-refractivity contribution >= 4 is 17.9 Å². The summed E-state index contributed by atoms with van der Waals surface area (Å²) in [5.74, 6) is -0.963. The molecule has 0 spiro atoms. The van der Waals surface area contributed by atoms with Crippen LogP contribution in [-0.2, 0) is 28.6 Å². The van der Waals surface area contributed by atoms with E-state index in [1.54, 1.807) is 0 Å². The lowest BCUT2D eigenvalue weighted by molar-refractivity contribution is -0.167. The highest BCUT2D eigenvalue weighted by Crippen LogP contribution is 2.13. The topological polar surface area (TPSA) is 78.9 Å². The van der Waals surface area contributed by atoms with E-state index in [9.17, 15) is 14.4 Å². The number of ether oxygens (including phenoxy) is 3. The first-order valence-electron chi connectivity index (χ1n) is 26.3. The van der Waals surface area contributed by atoms with Crippen LogP contribution >= 0.6 is 0 Å². The standard InChI is InChI=1S/C58H96O6/c1-4-7-10-13-16-19-22-25-27-28-29-31-33-36-39-42-45-48-51-57(60)63-54-55(53-62-56(59)50-47-44-41-38-35-32-24-21-18-15-12-9-6-3)64-58(61)52-49-46-43-40-37-34-30-26-23-20-17-14-11-8-5-2/h8,11,14,17,20,22-23,25-32,35,55H,4-7,9-10,12-13,15-16,18-19,21,24,33-34,36-54H2,1-3H3/b11-8-,17-14-,23-20-,25-22-,28-27-,30-26-,31-29-,35-32-. The highest BCUT2D eigenvalue weighted by molar-refractivity contribution is 5.71. The van der Waals surface area contributed by atoms with E-state index in [0.717, 1.165) is 122 Å². The average Bonchev–Trinajstić information content (AvgIpc) is 3.29. The highest BCUT2D eigenvalue weighted by Gasteiger charge is 2.19. The maximum absolute atomic E-state index is 12.8. The van der Waals surface area contributed by atoms with Gasteiger partial charge in [-0.25, -0.2) is 0 Å². The summed E-state index contributed by atoms with van der Waals surface area (Å²) in [5.41, 5.74) is 0. The molecule has 0 rings (SSSR count). The fourth-order valence-electron chi connectivity index (χ4n) is 6.98. The summed E-state index contributed by atoms with van der Waals surface area (Å²) in [6, 6.07) is 0. The molecule has 6 heteroatoms. The van der Waals surface area contributed by atoms with Crippen LogP contribution in [0.5, 0.6) is 0 Å². The van der Waals surface area contributed by atoms with Crippen LogP contribution in [0.15, 0.2) is 97.2 Å². The predicted molar refractivity (Wildman–Crippen MR) is 274 cm³/mol. The van der Waals surface area contributed by atoms with E-state index in [0.29, 0.717) is 19.3 Å². The van der Waals surface area contributed by atoms with E-state index >= 15 is 0 Å². The second-order valence-corrected chi connectivity index (χ2v) is 17.2. The zero-order valence-electron chi connectivity index (χ0n) is 41.5. The third-order valence-electron chi connectivity index (χ3n) is 10.9. The average molecular weight is 889 g/mol. The van der Waals surface area contributed by atoms with Crippen LogP contribution in [0, 0.1) is 0 Å². The molecular weight excluding hydrogens is 793 g/mol. The molecule has 0 aromatic heterocycles. The summed E-state index contributed by atoms with van der Waals surface area (Å²) in [5, 5.41) is 0. The second kappa shape index (κ2) is 52.0. The van der Waals surface area contributed by atoms with Gasteiger partial charge in [-0.05, 0) is 89.9 Å². The monoisotopic (exact) mass is 889 g/mol. The Kier molecular flexibility index (Phi) is 49.0. The van der Waals surface area contributed by atoms with Gasteiger partial charge in [-0.3, -0.25) is 14.4 Å². The molecule has 0 radical (unpaired) electrons. The van der Waals surface area contributed by atoms with Gasteiger partial charge in [0.25, 0.3) is 0 Å². The van der Waals surface area contributed by atoms with Crippen molar-refractivity contribution in [2.75, 3.05) is 13.2 Å². The molecule has 0 fully saturated rings. The molecule has 0 amide bonds. The maximum atomic E-state index is 12.8. The van der Waals surface area contributed by atoms with Crippen molar-refractivity contribution in [3.63, 3.8) is 0 Å². The molecule has 0 aliphatic carbocycles. The molecule has 0 aliphatic heterocycles. The Morgan fingerprint density at radius 2 is 0.625 bits per heavy atom. The molecule has 0 saturated heterocycles. The molecular formula is C58H96O6. The first-order chi connectivity index (χ1) is 31.5. The van der Waals surface area contributed by atoms with Gasteiger partial charge in [0.1, 0.15) is 13.2 Å². The minimum absolute atomic E-state index is 0.103. The Labute approximate surface area is 394 Å². The SMILES string of the molecule is CC\C=C/C=C\C=C/C=C\CCCCCCCC(=O)OC(COC(=O)CCCCC/C=C\CCCCCCCC)COC(=O)CCCCCCC\C=C/C=C\C=C/CCCCCCC. The maximum Gasteiger partial charge on any atom is 0.306 e. The molecule has 0 aromatic rings. The lowest BCUT2D eigenvalue weighted by Crippen LogP contribution is -2.30. The van der Waals surface area contributed by atoms with Crippen LogP contribution in [0.4, 0.5) is 0 Å². The first kappa shape index (κ1) is 60.3. The van der Waals surface area contributed by atoms with Gasteiger partial charge >= 0.3 is 17.9 Å². The van der Waals surface area contributed by atoms with Crippen molar-refractivity contribution in [2.45, 2.75) is 239 Å². The number of carbonyl (C=O) groups excluding carboxylic acids is 3. The molecule has 0 heterocycles. The summed E-state index contributed by atoms with van der Waals surface area (Å²) in [6.07, 6.45) is 68.1. The van der Waals surface area contributed by atoms with Crippen LogP contribution in [-0.4, -0.2) is 37.2 Å². The van der Waals surface area contributed by atoms with Crippen molar-refractivity contribution in [3.8, 4) is 0 Å². The number of allylic oxidation sites excluding steroid dienone is 16. The number of esters is 3. The summed E-state index contributed by atoms with van der Waals surface area (Å²) in [4.78, 5) is 38.0. The molecule has 364 valence electrons. The Hall–Kier alpha value is -3.67.